The lowest BCUT2D eigenvalue weighted by molar-refractivity contribution is -0.150. The van der Waals surface area contributed by atoms with Gasteiger partial charge in [-0.05, 0) is 37.7 Å². The summed E-state index contributed by atoms with van der Waals surface area (Å²) in [5, 5.41) is 0. The molecular formula is C21H28N2O4. The van der Waals surface area contributed by atoms with Crippen molar-refractivity contribution in [3.63, 3.8) is 0 Å². The Balaban J connectivity index is 1.36. The largest absolute Gasteiger partial charge is 0.445 e. The maximum atomic E-state index is 13.3. The standard InChI is InChI=1S/C21H28N2O4/c24-19-21(9-4-11-23(19)18-7-13-26-14-8-18)10-12-22(16-21)20(25)27-15-17-5-2-1-3-6-17/h1-3,5-6,18H,4,7-16H2/t21-/m0/s1. The number of likely N-dealkylation sites (tertiary alicyclic amines) is 2. The van der Waals surface area contributed by atoms with Gasteiger partial charge in [0.05, 0.1) is 5.41 Å². The van der Waals surface area contributed by atoms with Crippen LogP contribution in [0.25, 0.3) is 0 Å². The summed E-state index contributed by atoms with van der Waals surface area (Å²) in [5.41, 5.74) is 0.557. The van der Waals surface area contributed by atoms with E-state index < -0.39 is 5.41 Å². The first-order chi connectivity index (χ1) is 13.2. The SMILES string of the molecule is O=C(OCc1ccccc1)N1CC[C@@]2(CCCN(C3CCOCC3)C2=O)C1. The average molecular weight is 372 g/mol. The number of ether oxygens (including phenoxy) is 2. The number of hydrogen-bond acceptors (Lipinski definition) is 4. The van der Waals surface area contributed by atoms with Crippen LogP contribution in [-0.4, -0.2) is 60.7 Å². The van der Waals surface area contributed by atoms with Gasteiger partial charge in [-0.2, -0.15) is 0 Å². The molecule has 0 unspecified atom stereocenters. The van der Waals surface area contributed by atoms with Crippen molar-refractivity contribution in [3.05, 3.63) is 35.9 Å². The van der Waals surface area contributed by atoms with Crippen molar-refractivity contribution in [2.45, 2.75) is 44.8 Å². The summed E-state index contributed by atoms with van der Waals surface area (Å²) in [5.74, 6) is 0.235. The van der Waals surface area contributed by atoms with E-state index in [-0.39, 0.29) is 18.6 Å². The minimum atomic E-state index is -0.414. The minimum absolute atomic E-state index is 0.235. The van der Waals surface area contributed by atoms with Gasteiger partial charge in [0.1, 0.15) is 6.61 Å². The van der Waals surface area contributed by atoms with Gasteiger partial charge >= 0.3 is 6.09 Å². The Morgan fingerprint density at radius 1 is 1.15 bits per heavy atom. The molecule has 3 fully saturated rings. The Morgan fingerprint density at radius 2 is 1.93 bits per heavy atom. The van der Waals surface area contributed by atoms with E-state index in [4.69, 9.17) is 9.47 Å². The predicted molar refractivity (Wildman–Crippen MR) is 100 cm³/mol. The Morgan fingerprint density at radius 3 is 2.70 bits per heavy atom. The molecule has 0 radical (unpaired) electrons. The third kappa shape index (κ3) is 3.81. The smallest absolute Gasteiger partial charge is 0.410 e. The van der Waals surface area contributed by atoms with Gasteiger partial charge in [-0.3, -0.25) is 4.79 Å². The summed E-state index contributed by atoms with van der Waals surface area (Å²) in [6.45, 7) is 3.66. The molecule has 0 bridgehead atoms. The molecule has 1 aromatic rings. The fraction of sp³-hybridized carbons (Fsp3) is 0.619. The molecule has 6 heteroatoms. The lowest BCUT2D eigenvalue weighted by atomic mass is 9.77. The van der Waals surface area contributed by atoms with Gasteiger partial charge in [-0.25, -0.2) is 4.79 Å². The molecule has 6 nitrogen and oxygen atoms in total. The summed E-state index contributed by atoms with van der Waals surface area (Å²) < 4.78 is 10.9. The van der Waals surface area contributed by atoms with E-state index in [9.17, 15) is 9.59 Å². The van der Waals surface area contributed by atoms with E-state index in [1.165, 1.54) is 0 Å². The molecule has 1 aromatic carbocycles. The molecule has 3 saturated heterocycles. The van der Waals surface area contributed by atoms with Crippen molar-refractivity contribution in [1.29, 1.82) is 0 Å². The number of nitrogens with zero attached hydrogens (tertiary/aromatic N) is 2. The molecule has 1 spiro atoms. The van der Waals surface area contributed by atoms with Crippen LogP contribution in [-0.2, 0) is 20.9 Å². The summed E-state index contributed by atoms with van der Waals surface area (Å²) in [7, 11) is 0. The van der Waals surface area contributed by atoms with Crippen LogP contribution >= 0.6 is 0 Å². The normalized spacial score (nSPS) is 26.6. The second-order valence-corrected chi connectivity index (χ2v) is 7.94. The molecule has 3 heterocycles. The van der Waals surface area contributed by atoms with Crippen LogP contribution in [0.4, 0.5) is 4.79 Å². The van der Waals surface area contributed by atoms with Gasteiger partial charge < -0.3 is 19.3 Å². The van der Waals surface area contributed by atoms with Crippen molar-refractivity contribution in [2.24, 2.45) is 5.41 Å². The zero-order valence-corrected chi connectivity index (χ0v) is 15.8. The highest BCUT2D eigenvalue weighted by atomic mass is 16.6. The van der Waals surface area contributed by atoms with Gasteiger partial charge in [0.25, 0.3) is 0 Å². The third-order valence-electron chi connectivity index (χ3n) is 6.22. The zero-order valence-electron chi connectivity index (χ0n) is 15.8. The van der Waals surface area contributed by atoms with Crippen LogP contribution in [0.2, 0.25) is 0 Å². The molecule has 1 atom stereocenters. The predicted octanol–water partition coefficient (Wildman–Crippen LogP) is 2.82. The molecule has 4 rings (SSSR count). The number of benzene rings is 1. The van der Waals surface area contributed by atoms with E-state index in [0.717, 1.165) is 57.4 Å². The first kappa shape index (κ1) is 18.3. The van der Waals surface area contributed by atoms with Crippen molar-refractivity contribution < 1.29 is 19.1 Å². The van der Waals surface area contributed by atoms with Crippen LogP contribution in [0.15, 0.2) is 30.3 Å². The second kappa shape index (κ2) is 7.89. The number of hydrogen-bond donors (Lipinski definition) is 0. The van der Waals surface area contributed by atoms with Crippen molar-refractivity contribution in [3.8, 4) is 0 Å². The number of rotatable bonds is 3. The zero-order chi connectivity index (χ0) is 18.7. The molecule has 2 amide bonds. The molecular weight excluding hydrogens is 344 g/mol. The summed E-state index contributed by atoms with van der Waals surface area (Å²) in [6, 6.07) is 9.97. The molecule has 27 heavy (non-hydrogen) atoms. The Kier molecular flexibility index (Phi) is 5.34. The van der Waals surface area contributed by atoms with Gasteiger partial charge in [-0.15, -0.1) is 0 Å². The number of amides is 2. The molecule has 146 valence electrons. The molecule has 3 aliphatic heterocycles. The van der Waals surface area contributed by atoms with Gasteiger partial charge in [0.2, 0.25) is 5.91 Å². The molecule has 0 N–H and O–H groups in total. The first-order valence-corrected chi connectivity index (χ1v) is 10.0. The van der Waals surface area contributed by atoms with Gasteiger partial charge in [-0.1, -0.05) is 30.3 Å². The molecule has 0 aromatic heterocycles. The van der Waals surface area contributed by atoms with E-state index in [1.807, 2.05) is 30.3 Å². The monoisotopic (exact) mass is 372 g/mol. The Bertz CT molecular complexity index is 674. The molecule has 3 aliphatic rings. The van der Waals surface area contributed by atoms with Crippen molar-refractivity contribution in [2.75, 3.05) is 32.8 Å². The van der Waals surface area contributed by atoms with Crippen LogP contribution in [0.5, 0.6) is 0 Å². The topological polar surface area (TPSA) is 59.1 Å². The highest BCUT2D eigenvalue weighted by molar-refractivity contribution is 5.85. The fourth-order valence-corrected chi connectivity index (χ4v) is 4.66. The first-order valence-electron chi connectivity index (χ1n) is 10.0. The second-order valence-electron chi connectivity index (χ2n) is 7.94. The maximum Gasteiger partial charge on any atom is 0.410 e. The number of piperidine rings is 1. The van der Waals surface area contributed by atoms with E-state index in [1.54, 1.807) is 4.90 Å². The molecule has 0 aliphatic carbocycles. The lowest BCUT2D eigenvalue weighted by Gasteiger charge is -2.44. The van der Waals surface area contributed by atoms with Gasteiger partial charge in [0, 0.05) is 38.9 Å². The van der Waals surface area contributed by atoms with Crippen LogP contribution in [0.1, 0.15) is 37.7 Å². The summed E-state index contributed by atoms with van der Waals surface area (Å²) in [6.07, 6.45) is 4.15. The number of carbonyl (C=O) groups is 2. The minimum Gasteiger partial charge on any atom is -0.445 e. The van der Waals surface area contributed by atoms with Crippen LogP contribution < -0.4 is 0 Å². The van der Waals surface area contributed by atoms with Crippen molar-refractivity contribution >= 4 is 12.0 Å². The number of carbonyl (C=O) groups excluding carboxylic acids is 2. The van der Waals surface area contributed by atoms with Gasteiger partial charge in [0.15, 0.2) is 0 Å². The van der Waals surface area contributed by atoms with E-state index in [2.05, 4.69) is 4.90 Å². The average Bonchev–Trinajstić information content (AvgIpc) is 3.15. The van der Waals surface area contributed by atoms with Crippen molar-refractivity contribution in [1.82, 2.24) is 9.80 Å². The highest BCUT2D eigenvalue weighted by Crippen LogP contribution is 2.41. The summed E-state index contributed by atoms with van der Waals surface area (Å²) >= 11 is 0. The quantitative estimate of drug-likeness (QED) is 0.819. The van der Waals surface area contributed by atoms with Crippen LogP contribution in [0.3, 0.4) is 0 Å². The van der Waals surface area contributed by atoms with Crippen LogP contribution in [0, 0.1) is 5.41 Å². The lowest BCUT2D eigenvalue weighted by Crippen LogP contribution is -2.55. The highest BCUT2D eigenvalue weighted by Gasteiger charge is 2.50. The summed E-state index contributed by atoms with van der Waals surface area (Å²) in [4.78, 5) is 29.6. The Hall–Kier alpha value is -2.08. The maximum absolute atomic E-state index is 13.3. The van der Waals surface area contributed by atoms with E-state index in [0.29, 0.717) is 19.1 Å². The Labute approximate surface area is 160 Å². The third-order valence-corrected chi connectivity index (χ3v) is 6.22. The van der Waals surface area contributed by atoms with E-state index >= 15 is 0 Å². The fourth-order valence-electron chi connectivity index (χ4n) is 4.66. The molecule has 0 saturated carbocycles.